The number of aromatic hydroxyl groups is 2. The van der Waals surface area contributed by atoms with E-state index < -0.39 is 0 Å². The lowest BCUT2D eigenvalue weighted by Crippen LogP contribution is -2.15. The first-order chi connectivity index (χ1) is 15.3. The van der Waals surface area contributed by atoms with Crippen molar-refractivity contribution in [2.45, 2.75) is 97.3 Å². The molecule has 0 amide bonds. The van der Waals surface area contributed by atoms with Gasteiger partial charge >= 0.3 is 0 Å². The summed E-state index contributed by atoms with van der Waals surface area (Å²) in [5, 5.41) is 41.2. The van der Waals surface area contributed by atoms with Crippen molar-refractivity contribution in [3.63, 3.8) is 0 Å². The summed E-state index contributed by atoms with van der Waals surface area (Å²) in [7, 11) is 0. The molecule has 0 aliphatic rings. The van der Waals surface area contributed by atoms with E-state index in [-0.39, 0.29) is 35.7 Å². The predicted molar refractivity (Wildman–Crippen MR) is 137 cm³/mol. The molecule has 0 radical (unpaired) electrons. The molecule has 0 fully saturated rings. The fourth-order valence-corrected chi connectivity index (χ4v) is 4.42. The first-order valence-corrected chi connectivity index (χ1v) is 12.3. The Balaban J connectivity index is 2.67. The van der Waals surface area contributed by atoms with Crippen LogP contribution in [-0.4, -0.2) is 33.6 Å². The van der Waals surface area contributed by atoms with Crippen molar-refractivity contribution in [1.29, 1.82) is 0 Å². The van der Waals surface area contributed by atoms with Crippen LogP contribution in [0, 0.1) is 0 Å². The summed E-state index contributed by atoms with van der Waals surface area (Å²) in [6, 6.07) is 8.22. The van der Waals surface area contributed by atoms with Gasteiger partial charge in [0.1, 0.15) is 11.5 Å². The maximum absolute atomic E-state index is 11.3. The van der Waals surface area contributed by atoms with Crippen LogP contribution in [0.1, 0.15) is 107 Å². The largest absolute Gasteiger partial charge is 0.507 e. The van der Waals surface area contributed by atoms with Crippen molar-refractivity contribution >= 4 is 0 Å². The van der Waals surface area contributed by atoms with E-state index in [1.165, 1.54) is 0 Å². The third-order valence-corrected chi connectivity index (χ3v) is 6.44. The van der Waals surface area contributed by atoms with Crippen molar-refractivity contribution in [3.05, 3.63) is 57.6 Å². The van der Waals surface area contributed by atoms with Gasteiger partial charge in [0.15, 0.2) is 0 Å². The lowest BCUT2D eigenvalue weighted by molar-refractivity contribution is 0.284. The van der Waals surface area contributed by atoms with E-state index >= 15 is 0 Å². The second-order valence-corrected chi connectivity index (χ2v) is 11.4. The van der Waals surface area contributed by atoms with Gasteiger partial charge in [-0.15, -0.1) is 0 Å². The van der Waals surface area contributed by atoms with Crippen LogP contribution in [0.2, 0.25) is 0 Å². The molecule has 0 bridgehead atoms. The summed E-state index contributed by atoms with van der Waals surface area (Å²) in [5.41, 5.74) is 5.16. The number of aliphatic hydroxyl groups is 2. The molecule has 2 aromatic carbocycles. The van der Waals surface area contributed by atoms with E-state index in [9.17, 15) is 20.4 Å². The molecule has 0 aliphatic carbocycles. The zero-order chi connectivity index (χ0) is 25.0. The van der Waals surface area contributed by atoms with Crippen LogP contribution in [0.15, 0.2) is 24.3 Å². The molecular formula is C29H44O4. The number of aliphatic hydroxyl groups excluding tert-OH is 2. The molecular weight excluding hydrogens is 412 g/mol. The van der Waals surface area contributed by atoms with Gasteiger partial charge in [0.2, 0.25) is 0 Å². The fourth-order valence-electron chi connectivity index (χ4n) is 4.42. The summed E-state index contributed by atoms with van der Waals surface area (Å²) in [6.07, 6.45) is 3.87. The maximum atomic E-state index is 11.3. The molecule has 1 atom stereocenters. The molecule has 1 unspecified atom stereocenters. The van der Waals surface area contributed by atoms with Crippen LogP contribution in [-0.2, 0) is 23.7 Å². The van der Waals surface area contributed by atoms with Gasteiger partial charge in [-0.2, -0.15) is 0 Å². The minimum Gasteiger partial charge on any atom is -0.507 e. The number of rotatable bonds is 9. The normalized spacial score (nSPS) is 13.4. The zero-order valence-corrected chi connectivity index (χ0v) is 21.6. The number of aryl methyl sites for hydroxylation is 2. The first kappa shape index (κ1) is 27.2. The highest BCUT2D eigenvalue weighted by molar-refractivity contribution is 5.56. The summed E-state index contributed by atoms with van der Waals surface area (Å²) >= 11 is 0. The monoisotopic (exact) mass is 456 g/mol. The summed E-state index contributed by atoms with van der Waals surface area (Å²) in [6.45, 7) is 14.9. The molecule has 4 N–H and O–H groups in total. The number of hydrogen-bond acceptors (Lipinski definition) is 4. The van der Waals surface area contributed by atoms with Crippen LogP contribution in [0.25, 0.3) is 0 Å². The Hall–Kier alpha value is -2.04. The average molecular weight is 457 g/mol. The lowest BCUT2D eigenvalue weighted by atomic mass is 9.78. The van der Waals surface area contributed by atoms with Crippen molar-refractivity contribution in [2.75, 3.05) is 13.2 Å². The molecule has 0 aliphatic heterocycles. The molecule has 0 aromatic heterocycles. The number of benzene rings is 2. The number of unbranched alkanes of at least 4 members (excludes halogenated alkanes) is 1. The number of hydrogen-bond donors (Lipinski definition) is 4. The Kier molecular flexibility index (Phi) is 9.01. The molecule has 4 heteroatoms. The predicted octanol–water partition coefficient (Wildman–Crippen LogP) is 6.08. The molecule has 0 saturated carbocycles. The first-order valence-electron chi connectivity index (χ1n) is 12.3. The van der Waals surface area contributed by atoms with Gasteiger partial charge in [0.05, 0.1) is 0 Å². The van der Waals surface area contributed by atoms with Crippen molar-refractivity contribution in [3.8, 4) is 11.5 Å². The Morgan fingerprint density at radius 1 is 0.636 bits per heavy atom. The Bertz CT molecular complexity index is 932. The van der Waals surface area contributed by atoms with E-state index in [1.807, 2.05) is 19.1 Å². The van der Waals surface area contributed by atoms with Gasteiger partial charge in [-0.1, -0.05) is 72.7 Å². The van der Waals surface area contributed by atoms with Crippen LogP contribution < -0.4 is 0 Å². The van der Waals surface area contributed by atoms with Crippen molar-refractivity contribution < 1.29 is 20.4 Å². The summed E-state index contributed by atoms with van der Waals surface area (Å²) < 4.78 is 0. The van der Waals surface area contributed by atoms with Crippen LogP contribution >= 0.6 is 0 Å². The van der Waals surface area contributed by atoms with Crippen molar-refractivity contribution in [1.82, 2.24) is 0 Å². The van der Waals surface area contributed by atoms with Crippen LogP contribution in [0.4, 0.5) is 0 Å². The van der Waals surface area contributed by atoms with Gasteiger partial charge in [-0.25, -0.2) is 0 Å². The highest BCUT2D eigenvalue weighted by Gasteiger charge is 2.28. The third-order valence-electron chi connectivity index (χ3n) is 6.44. The fraction of sp³-hybridized carbons (Fsp3) is 0.586. The van der Waals surface area contributed by atoms with Gasteiger partial charge in [-0.05, 0) is 65.2 Å². The van der Waals surface area contributed by atoms with Crippen molar-refractivity contribution in [2.24, 2.45) is 0 Å². The quantitative estimate of drug-likeness (QED) is 0.345. The highest BCUT2D eigenvalue weighted by atomic mass is 16.3. The van der Waals surface area contributed by atoms with Gasteiger partial charge in [-0.3, -0.25) is 0 Å². The van der Waals surface area contributed by atoms with E-state index in [1.54, 1.807) is 0 Å². The van der Waals surface area contributed by atoms with Gasteiger partial charge < -0.3 is 20.4 Å². The van der Waals surface area contributed by atoms with E-state index in [2.05, 4.69) is 53.7 Å². The van der Waals surface area contributed by atoms with Gasteiger partial charge in [0.25, 0.3) is 0 Å². The second-order valence-electron chi connectivity index (χ2n) is 11.4. The minimum atomic E-state index is -0.238. The van der Waals surface area contributed by atoms with Gasteiger partial charge in [0, 0.05) is 30.3 Å². The molecule has 0 heterocycles. The molecule has 2 aromatic rings. The number of phenols is 2. The topological polar surface area (TPSA) is 80.9 Å². The minimum absolute atomic E-state index is 0.127. The zero-order valence-electron chi connectivity index (χ0n) is 21.6. The molecule has 184 valence electrons. The number of phenolic OH excluding ortho intramolecular Hbond substituents is 2. The van der Waals surface area contributed by atoms with Crippen LogP contribution in [0.5, 0.6) is 11.5 Å². The standard InChI is InChI=1S/C29H44O4/c1-19(23-16-21(12-10-14-31)18-25(27(23)33)29(5,6)7)22-15-20(11-8-9-13-30)17-24(26(22)32)28(2,3)4/h15-19,30-33H,8-14H2,1-7H3. The molecule has 4 nitrogen and oxygen atoms in total. The Morgan fingerprint density at radius 2 is 1.03 bits per heavy atom. The SMILES string of the molecule is CC(c1cc(CCCO)cc(C(C)(C)C)c1O)c1cc(CCCCO)cc(C(C)(C)C)c1O. The summed E-state index contributed by atoms with van der Waals surface area (Å²) in [5.74, 6) is 0.364. The second kappa shape index (κ2) is 10.9. The maximum Gasteiger partial charge on any atom is 0.123 e. The lowest BCUT2D eigenvalue weighted by Gasteiger charge is -2.28. The smallest absolute Gasteiger partial charge is 0.123 e. The highest BCUT2D eigenvalue weighted by Crippen LogP contribution is 2.44. The molecule has 0 saturated heterocycles. The molecule has 0 spiro atoms. The van der Waals surface area contributed by atoms with E-state index in [4.69, 9.17) is 0 Å². The molecule has 2 rings (SSSR count). The third kappa shape index (κ3) is 6.74. The Morgan fingerprint density at radius 3 is 1.39 bits per heavy atom. The van der Waals surface area contributed by atoms with E-state index in [0.29, 0.717) is 12.2 Å². The molecule has 33 heavy (non-hydrogen) atoms. The Labute approximate surface area is 200 Å². The van der Waals surface area contributed by atoms with E-state index in [0.717, 1.165) is 59.1 Å². The summed E-state index contributed by atoms with van der Waals surface area (Å²) in [4.78, 5) is 0. The van der Waals surface area contributed by atoms with Crippen LogP contribution in [0.3, 0.4) is 0 Å². The average Bonchev–Trinajstić information content (AvgIpc) is 2.72.